The Morgan fingerprint density at radius 3 is 2.65 bits per heavy atom. The summed E-state index contributed by atoms with van der Waals surface area (Å²) >= 11 is 5.84. The van der Waals surface area contributed by atoms with Crippen molar-refractivity contribution in [3.63, 3.8) is 0 Å². The molecule has 0 heterocycles. The number of carbonyl (C=O) groups is 1. The van der Waals surface area contributed by atoms with Crippen molar-refractivity contribution in [2.45, 2.75) is 0 Å². The molecule has 0 saturated carbocycles. The van der Waals surface area contributed by atoms with Crippen molar-refractivity contribution >= 4 is 29.4 Å². The van der Waals surface area contributed by atoms with Gasteiger partial charge in [0.15, 0.2) is 6.61 Å². The fourth-order valence-corrected chi connectivity index (χ4v) is 1.96. The lowest BCUT2D eigenvalue weighted by molar-refractivity contribution is -0.123. The lowest BCUT2D eigenvalue weighted by atomic mass is 10.2. The molecule has 2 aromatic rings. The Bertz CT molecular complexity index is 684. The Morgan fingerprint density at radius 1 is 1.26 bits per heavy atom. The number of amides is 1. The van der Waals surface area contributed by atoms with Crippen LogP contribution in [-0.2, 0) is 4.79 Å². The number of benzene rings is 2. The van der Waals surface area contributed by atoms with E-state index in [4.69, 9.17) is 16.3 Å². The highest BCUT2D eigenvalue weighted by Gasteiger charge is 2.01. The Kier molecular flexibility index (Phi) is 6.00. The summed E-state index contributed by atoms with van der Waals surface area (Å²) in [5.74, 6) is 0.196. The number of anilines is 1. The molecule has 1 N–H and O–H groups in total. The molecular formula is C17H18ClN3O2. The van der Waals surface area contributed by atoms with Crippen LogP contribution in [0, 0.1) is 0 Å². The van der Waals surface area contributed by atoms with Crippen LogP contribution in [0.15, 0.2) is 53.6 Å². The lowest BCUT2D eigenvalue weighted by Gasteiger charge is -2.11. The molecule has 2 rings (SSSR count). The number of rotatable bonds is 6. The van der Waals surface area contributed by atoms with Gasteiger partial charge in [-0.05, 0) is 35.9 Å². The van der Waals surface area contributed by atoms with Gasteiger partial charge in [0.1, 0.15) is 5.75 Å². The van der Waals surface area contributed by atoms with Gasteiger partial charge >= 0.3 is 0 Å². The second kappa shape index (κ2) is 8.19. The predicted octanol–water partition coefficient (Wildman–Crippen LogP) is 2.94. The average Bonchev–Trinajstić information content (AvgIpc) is 2.53. The van der Waals surface area contributed by atoms with Crippen molar-refractivity contribution in [3.8, 4) is 5.75 Å². The summed E-state index contributed by atoms with van der Waals surface area (Å²) in [5, 5.41) is 4.46. The summed E-state index contributed by atoms with van der Waals surface area (Å²) in [6, 6.07) is 14.7. The van der Waals surface area contributed by atoms with Gasteiger partial charge in [-0.25, -0.2) is 5.43 Å². The van der Waals surface area contributed by atoms with Crippen LogP contribution in [0.5, 0.6) is 5.75 Å². The third kappa shape index (κ3) is 5.64. The van der Waals surface area contributed by atoms with E-state index in [1.54, 1.807) is 30.5 Å². The molecular weight excluding hydrogens is 314 g/mol. The molecule has 0 unspecified atom stereocenters. The van der Waals surface area contributed by atoms with Gasteiger partial charge in [-0.2, -0.15) is 5.10 Å². The van der Waals surface area contributed by atoms with E-state index in [1.165, 1.54) is 0 Å². The van der Waals surface area contributed by atoms with Gasteiger partial charge in [0.25, 0.3) is 5.91 Å². The second-order valence-corrected chi connectivity index (χ2v) is 5.46. The fourth-order valence-electron chi connectivity index (χ4n) is 1.78. The summed E-state index contributed by atoms with van der Waals surface area (Å²) in [7, 11) is 3.95. The van der Waals surface area contributed by atoms with Crippen molar-refractivity contribution in [2.24, 2.45) is 5.10 Å². The molecule has 0 aliphatic rings. The van der Waals surface area contributed by atoms with E-state index in [-0.39, 0.29) is 12.5 Å². The van der Waals surface area contributed by atoms with Crippen LogP contribution in [0.1, 0.15) is 5.56 Å². The quantitative estimate of drug-likeness (QED) is 0.654. The maximum Gasteiger partial charge on any atom is 0.277 e. The average molecular weight is 332 g/mol. The minimum absolute atomic E-state index is 0.128. The van der Waals surface area contributed by atoms with E-state index >= 15 is 0 Å². The van der Waals surface area contributed by atoms with E-state index in [0.29, 0.717) is 10.8 Å². The summed E-state index contributed by atoms with van der Waals surface area (Å²) in [5.41, 5.74) is 4.41. The fraction of sp³-hybridized carbons (Fsp3) is 0.176. The van der Waals surface area contributed by atoms with Gasteiger partial charge in [-0.15, -0.1) is 0 Å². The minimum atomic E-state index is -0.342. The molecule has 5 nitrogen and oxygen atoms in total. The first kappa shape index (κ1) is 16.8. The molecule has 0 radical (unpaired) electrons. The van der Waals surface area contributed by atoms with Crippen LogP contribution in [0.3, 0.4) is 0 Å². The number of hydrazone groups is 1. The number of nitrogens with zero attached hydrogens (tertiary/aromatic N) is 2. The molecule has 120 valence electrons. The number of ether oxygens (including phenoxy) is 1. The summed E-state index contributed by atoms with van der Waals surface area (Å²) in [6.07, 6.45) is 1.58. The zero-order valence-corrected chi connectivity index (χ0v) is 13.7. The molecule has 0 aliphatic heterocycles. The first-order chi connectivity index (χ1) is 11.0. The zero-order valence-electron chi connectivity index (χ0n) is 13.0. The SMILES string of the molecule is CN(C)c1ccc(/C=N/NC(=O)COc2cccc(Cl)c2)cc1. The first-order valence-corrected chi connectivity index (χ1v) is 7.40. The minimum Gasteiger partial charge on any atom is -0.484 e. The maximum atomic E-state index is 11.6. The van der Waals surface area contributed by atoms with Crippen LogP contribution < -0.4 is 15.1 Å². The van der Waals surface area contributed by atoms with Gasteiger partial charge in [0.2, 0.25) is 0 Å². The molecule has 0 spiro atoms. The van der Waals surface area contributed by atoms with E-state index < -0.39 is 0 Å². The molecule has 1 amide bonds. The summed E-state index contributed by atoms with van der Waals surface area (Å²) in [4.78, 5) is 13.7. The third-order valence-electron chi connectivity index (χ3n) is 2.98. The molecule has 0 atom stereocenters. The second-order valence-electron chi connectivity index (χ2n) is 5.03. The van der Waals surface area contributed by atoms with Crippen molar-refractivity contribution in [1.82, 2.24) is 5.43 Å². The topological polar surface area (TPSA) is 53.9 Å². The number of carbonyl (C=O) groups excluding carboxylic acids is 1. The monoisotopic (exact) mass is 331 g/mol. The van der Waals surface area contributed by atoms with Crippen molar-refractivity contribution in [3.05, 3.63) is 59.1 Å². The molecule has 0 bridgehead atoms. The molecule has 0 aromatic heterocycles. The molecule has 23 heavy (non-hydrogen) atoms. The van der Waals surface area contributed by atoms with Crippen LogP contribution in [0.2, 0.25) is 5.02 Å². The Balaban J connectivity index is 1.79. The van der Waals surface area contributed by atoms with E-state index in [9.17, 15) is 4.79 Å². The largest absolute Gasteiger partial charge is 0.484 e. The summed E-state index contributed by atoms with van der Waals surface area (Å²) < 4.78 is 5.32. The molecule has 0 saturated heterocycles. The van der Waals surface area contributed by atoms with Gasteiger partial charge in [-0.1, -0.05) is 29.8 Å². The standard InChI is InChI=1S/C17H18ClN3O2/c1-21(2)15-8-6-13(7-9-15)11-19-20-17(22)12-23-16-5-3-4-14(18)10-16/h3-11H,12H2,1-2H3,(H,20,22)/b19-11+. The molecule has 6 heteroatoms. The van der Waals surface area contributed by atoms with Gasteiger partial charge in [0, 0.05) is 24.8 Å². The predicted molar refractivity (Wildman–Crippen MR) is 93.5 cm³/mol. The highest BCUT2D eigenvalue weighted by Crippen LogP contribution is 2.16. The Hall–Kier alpha value is -2.53. The number of hydrogen-bond donors (Lipinski definition) is 1. The Labute approximate surface area is 140 Å². The molecule has 2 aromatic carbocycles. The number of nitrogens with one attached hydrogen (secondary N) is 1. The Morgan fingerprint density at radius 2 is 2.00 bits per heavy atom. The van der Waals surface area contributed by atoms with Gasteiger partial charge in [-0.3, -0.25) is 4.79 Å². The van der Waals surface area contributed by atoms with Crippen LogP contribution >= 0.6 is 11.6 Å². The molecule has 0 fully saturated rings. The first-order valence-electron chi connectivity index (χ1n) is 7.02. The molecule has 0 aliphatic carbocycles. The highest BCUT2D eigenvalue weighted by molar-refractivity contribution is 6.30. The lowest BCUT2D eigenvalue weighted by Crippen LogP contribution is -2.24. The van der Waals surface area contributed by atoms with E-state index in [2.05, 4.69) is 10.5 Å². The summed E-state index contributed by atoms with van der Waals surface area (Å²) in [6.45, 7) is -0.128. The van der Waals surface area contributed by atoms with Crippen molar-refractivity contribution in [1.29, 1.82) is 0 Å². The normalized spacial score (nSPS) is 10.6. The van der Waals surface area contributed by atoms with Crippen LogP contribution in [0.25, 0.3) is 0 Å². The highest BCUT2D eigenvalue weighted by atomic mass is 35.5. The van der Waals surface area contributed by atoms with Crippen molar-refractivity contribution < 1.29 is 9.53 Å². The third-order valence-corrected chi connectivity index (χ3v) is 3.21. The van der Waals surface area contributed by atoms with Crippen molar-refractivity contribution in [2.75, 3.05) is 25.6 Å². The number of halogens is 1. The smallest absolute Gasteiger partial charge is 0.277 e. The van der Waals surface area contributed by atoms with Crippen LogP contribution in [0.4, 0.5) is 5.69 Å². The van der Waals surface area contributed by atoms with E-state index in [0.717, 1.165) is 11.3 Å². The van der Waals surface area contributed by atoms with E-state index in [1.807, 2.05) is 43.3 Å². The van der Waals surface area contributed by atoms with Gasteiger partial charge < -0.3 is 9.64 Å². The van der Waals surface area contributed by atoms with Crippen LogP contribution in [-0.4, -0.2) is 32.8 Å². The van der Waals surface area contributed by atoms with Gasteiger partial charge in [0.05, 0.1) is 6.21 Å². The number of hydrogen-bond acceptors (Lipinski definition) is 4. The zero-order chi connectivity index (χ0) is 16.7. The maximum absolute atomic E-state index is 11.6.